The first-order valence-corrected chi connectivity index (χ1v) is 15.5. The molecule has 200 valence electrons. The molecule has 2 rings (SSSR count). The summed E-state index contributed by atoms with van der Waals surface area (Å²) >= 11 is 5.51. The average Bonchev–Trinajstić information content (AvgIpc) is 2.74. The van der Waals surface area contributed by atoms with E-state index in [4.69, 9.17) is 0 Å². The Morgan fingerprint density at radius 2 is 0.632 bits per heavy atom. The molecule has 0 amide bonds. The van der Waals surface area contributed by atoms with E-state index in [0.29, 0.717) is 40.7 Å². The third-order valence-electron chi connectivity index (χ3n) is 3.80. The Labute approximate surface area is 245 Å². The third-order valence-corrected chi connectivity index (χ3v) is 9.50. The Hall–Kier alpha value is -1.84. The summed E-state index contributed by atoms with van der Waals surface area (Å²) in [5.41, 5.74) is 0.656. The first-order chi connectivity index (χ1) is 17.7. The van der Waals surface area contributed by atoms with Crippen LogP contribution in [0.5, 0.6) is 0 Å². The van der Waals surface area contributed by atoms with Gasteiger partial charge in [-0.3, -0.25) is 28.8 Å². The molecule has 2 aromatic carbocycles. The van der Waals surface area contributed by atoms with E-state index in [0.717, 1.165) is 70.6 Å². The van der Waals surface area contributed by atoms with E-state index in [-0.39, 0.29) is 30.7 Å². The van der Waals surface area contributed by atoms with Crippen LogP contribution in [0.4, 0.5) is 11.4 Å². The topological polar surface area (TPSA) is 127 Å². The highest BCUT2D eigenvalue weighted by Crippen LogP contribution is 2.44. The molecule has 0 fully saturated rings. The number of nitrogens with zero attached hydrogens (tertiary/aromatic N) is 2. The van der Waals surface area contributed by atoms with Crippen molar-refractivity contribution >= 4 is 113 Å². The second-order valence-electron chi connectivity index (χ2n) is 7.30. The highest BCUT2D eigenvalue weighted by Gasteiger charge is 2.20. The molecule has 0 aromatic heterocycles. The minimum atomic E-state index is -0.210. The van der Waals surface area contributed by atoms with Crippen LogP contribution in [-0.2, 0) is 28.8 Å². The van der Waals surface area contributed by atoms with Gasteiger partial charge in [-0.2, -0.15) is 10.2 Å². The number of azo groups is 1. The average molecular weight is 627 g/mol. The van der Waals surface area contributed by atoms with Crippen molar-refractivity contribution in [1.82, 2.24) is 0 Å². The second kappa shape index (κ2) is 15.1. The van der Waals surface area contributed by atoms with E-state index in [2.05, 4.69) is 10.2 Å². The van der Waals surface area contributed by atoms with E-state index in [9.17, 15) is 28.8 Å². The molecule has 8 nitrogen and oxygen atoms in total. The normalized spacial score (nSPS) is 11.0. The lowest BCUT2D eigenvalue weighted by Gasteiger charge is -2.13. The van der Waals surface area contributed by atoms with Crippen LogP contribution in [0.1, 0.15) is 41.5 Å². The summed E-state index contributed by atoms with van der Waals surface area (Å²) in [4.78, 5) is 74.1. The van der Waals surface area contributed by atoms with Gasteiger partial charge in [0.25, 0.3) is 0 Å². The highest BCUT2D eigenvalue weighted by molar-refractivity contribution is 8.18. The number of rotatable bonds is 8. The van der Waals surface area contributed by atoms with E-state index >= 15 is 0 Å². The van der Waals surface area contributed by atoms with Gasteiger partial charge in [0.05, 0.1) is 11.4 Å². The Morgan fingerprint density at radius 1 is 0.421 bits per heavy atom. The molecule has 0 aliphatic rings. The Bertz CT molecular complexity index is 1180. The van der Waals surface area contributed by atoms with Gasteiger partial charge in [0.15, 0.2) is 30.7 Å². The van der Waals surface area contributed by atoms with Gasteiger partial charge >= 0.3 is 0 Å². The van der Waals surface area contributed by atoms with Crippen molar-refractivity contribution in [1.29, 1.82) is 0 Å². The molecular weight excluding hydrogens is 605 g/mol. The lowest BCUT2D eigenvalue weighted by atomic mass is 10.3. The standard InChI is InChI=1S/C24H22N2O6S6/c1-11(27)33-19-7-17(8-20(34-12(2)28)23(19)37-15(5)31)25-26-18-9-21(35-13(3)29)24(38-16(6)32)22(10-18)36-14(4)30/h7-10H,1-6H3/b26-25+. The van der Waals surface area contributed by atoms with Crippen LogP contribution in [-0.4, -0.2) is 30.7 Å². The van der Waals surface area contributed by atoms with Gasteiger partial charge in [0, 0.05) is 70.9 Å². The Kier molecular flexibility index (Phi) is 12.8. The van der Waals surface area contributed by atoms with Gasteiger partial charge in [-0.15, -0.1) is 0 Å². The number of thioether (sulfide) groups is 6. The lowest BCUT2D eigenvalue weighted by molar-refractivity contribution is -0.110. The van der Waals surface area contributed by atoms with Gasteiger partial charge < -0.3 is 0 Å². The van der Waals surface area contributed by atoms with Crippen molar-refractivity contribution in [2.24, 2.45) is 10.2 Å². The van der Waals surface area contributed by atoms with Crippen molar-refractivity contribution in [3.05, 3.63) is 24.3 Å². The molecule has 38 heavy (non-hydrogen) atoms. The fourth-order valence-corrected chi connectivity index (χ4v) is 7.88. The third kappa shape index (κ3) is 10.7. The van der Waals surface area contributed by atoms with Crippen molar-refractivity contribution in [3.63, 3.8) is 0 Å². The largest absolute Gasteiger partial charge is 0.287 e. The van der Waals surface area contributed by atoms with Crippen LogP contribution in [0.15, 0.2) is 63.9 Å². The summed E-state index contributed by atoms with van der Waals surface area (Å²) in [6, 6.07) is 6.39. The molecule has 2 aromatic rings. The molecule has 0 saturated carbocycles. The quantitative estimate of drug-likeness (QED) is 0.208. The minimum Gasteiger partial charge on any atom is -0.287 e. The summed E-state index contributed by atoms with van der Waals surface area (Å²) in [6.07, 6.45) is 0. The summed E-state index contributed by atoms with van der Waals surface area (Å²) in [5.74, 6) is 0. The predicted octanol–water partition coefficient (Wildman–Crippen LogP) is 7.93. The molecule has 14 heteroatoms. The fraction of sp³-hybridized carbons (Fsp3) is 0.250. The number of carbonyl (C=O) groups is 6. The number of hydrogen-bond donors (Lipinski definition) is 0. The Balaban J connectivity index is 2.68. The molecule has 0 spiro atoms. The molecule has 0 atom stereocenters. The van der Waals surface area contributed by atoms with Crippen molar-refractivity contribution in [3.8, 4) is 0 Å². The van der Waals surface area contributed by atoms with E-state index < -0.39 is 0 Å². The van der Waals surface area contributed by atoms with Gasteiger partial charge in [0.1, 0.15) is 0 Å². The van der Waals surface area contributed by atoms with Crippen molar-refractivity contribution in [2.75, 3.05) is 0 Å². The highest BCUT2D eigenvalue weighted by atomic mass is 32.2. The van der Waals surface area contributed by atoms with Crippen LogP contribution in [0.3, 0.4) is 0 Å². The first kappa shape index (κ1) is 32.4. The van der Waals surface area contributed by atoms with E-state index in [1.165, 1.54) is 41.5 Å². The molecule has 0 heterocycles. The smallest absolute Gasteiger partial charge is 0.190 e. The fourth-order valence-electron chi connectivity index (χ4n) is 2.77. The van der Waals surface area contributed by atoms with Gasteiger partial charge in [-0.25, -0.2) is 0 Å². The second-order valence-corrected chi connectivity index (χ2v) is 14.6. The van der Waals surface area contributed by atoms with Crippen LogP contribution >= 0.6 is 70.6 Å². The van der Waals surface area contributed by atoms with Crippen LogP contribution in [0, 0.1) is 0 Å². The van der Waals surface area contributed by atoms with Crippen LogP contribution < -0.4 is 0 Å². The number of hydrogen-bond acceptors (Lipinski definition) is 14. The summed E-state index contributed by atoms with van der Waals surface area (Å²) in [7, 11) is 0. The zero-order valence-corrected chi connectivity index (χ0v) is 26.0. The molecule has 0 aliphatic heterocycles. The van der Waals surface area contributed by atoms with Gasteiger partial charge in [-0.05, 0) is 47.8 Å². The van der Waals surface area contributed by atoms with Crippen molar-refractivity contribution < 1.29 is 28.8 Å². The van der Waals surface area contributed by atoms with Crippen molar-refractivity contribution in [2.45, 2.75) is 70.9 Å². The SMILES string of the molecule is CC(=O)Sc1cc(/N=N/c2cc(SC(C)=O)c(SC(C)=O)c(SC(C)=O)c2)cc(SC(C)=O)c1SC(C)=O. The molecule has 0 N–H and O–H groups in total. The molecule has 0 bridgehead atoms. The van der Waals surface area contributed by atoms with Crippen LogP contribution in [0.25, 0.3) is 0 Å². The van der Waals surface area contributed by atoms with Crippen LogP contribution in [0.2, 0.25) is 0 Å². The van der Waals surface area contributed by atoms with Gasteiger partial charge in [0.2, 0.25) is 0 Å². The summed E-state index contributed by atoms with van der Waals surface area (Å²) < 4.78 is 0. The maximum atomic E-state index is 11.9. The maximum Gasteiger partial charge on any atom is 0.190 e. The molecule has 0 unspecified atom stereocenters. The lowest BCUT2D eigenvalue weighted by Crippen LogP contribution is -1.93. The monoisotopic (exact) mass is 626 g/mol. The van der Waals surface area contributed by atoms with E-state index in [1.807, 2.05) is 0 Å². The molecule has 0 aliphatic carbocycles. The zero-order valence-electron chi connectivity index (χ0n) is 21.1. The summed E-state index contributed by atoms with van der Waals surface area (Å²) in [5, 5.41) is 7.32. The Morgan fingerprint density at radius 3 is 0.816 bits per heavy atom. The molecule has 0 radical (unpaired) electrons. The maximum absolute atomic E-state index is 11.9. The summed E-state index contributed by atoms with van der Waals surface area (Å²) in [6.45, 7) is 8.35. The number of benzene rings is 2. The zero-order chi connectivity index (χ0) is 28.6. The predicted molar refractivity (Wildman–Crippen MR) is 156 cm³/mol. The minimum absolute atomic E-state index is 0.204. The molecule has 0 saturated heterocycles. The first-order valence-electron chi connectivity index (χ1n) is 10.6. The number of carbonyl (C=O) groups excluding carboxylic acids is 6. The molecular formula is C24H22N2O6S6. The van der Waals surface area contributed by atoms with Gasteiger partial charge in [-0.1, -0.05) is 47.0 Å². The van der Waals surface area contributed by atoms with E-state index in [1.54, 1.807) is 24.3 Å².